The van der Waals surface area contributed by atoms with Crippen molar-refractivity contribution in [3.63, 3.8) is 0 Å². The maximum absolute atomic E-state index is 13.5. The third-order valence-electron chi connectivity index (χ3n) is 5.59. The predicted octanol–water partition coefficient (Wildman–Crippen LogP) is 5.45. The van der Waals surface area contributed by atoms with Gasteiger partial charge in [-0.05, 0) is 77.6 Å². The monoisotopic (exact) mass is 482 g/mol. The van der Waals surface area contributed by atoms with Crippen LogP contribution in [0.25, 0.3) is 0 Å². The maximum Gasteiger partial charge on any atom is 0.243 e. The molecule has 0 radical (unpaired) electrons. The summed E-state index contributed by atoms with van der Waals surface area (Å²) in [6, 6.07) is 13.4. The maximum atomic E-state index is 13.5. The van der Waals surface area contributed by atoms with Crippen molar-refractivity contribution >= 4 is 11.8 Å². The third-order valence-corrected chi connectivity index (χ3v) is 5.59. The Morgan fingerprint density at radius 1 is 0.914 bits per heavy atom. The van der Waals surface area contributed by atoms with Gasteiger partial charge in [0.2, 0.25) is 11.8 Å². The Kier molecular flexibility index (Phi) is 10.6. The van der Waals surface area contributed by atoms with Crippen molar-refractivity contribution in [1.82, 2.24) is 10.2 Å². The fourth-order valence-corrected chi connectivity index (χ4v) is 3.91. The molecule has 1 atom stereocenters. The molecular formula is C29H42N2O4. The van der Waals surface area contributed by atoms with Gasteiger partial charge in [0.15, 0.2) is 11.5 Å². The lowest BCUT2D eigenvalue weighted by atomic mass is 10.0. The summed E-state index contributed by atoms with van der Waals surface area (Å²) in [5, 5.41) is 3.05. The minimum Gasteiger partial charge on any atom is -0.490 e. The molecular weight excluding hydrogens is 440 g/mol. The summed E-state index contributed by atoms with van der Waals surface area (Å²) in [5.41, 5.74) is 2.78. The molecule has 0 aromatic heterocycles. The average molecular weight is 483 g/mol. The molecule has 6 nitrogen and oxygen atoms in total. The largest absolute Gasteiger partial charge is 0.490 e. The van der Waals surface area contributed by atoms with Crippen molar-refractivity contribution in [1.29, 1.82) is 0 Å². The molecule has 0 aliphatic heterocycles. The first-order valence-corrected chi connectivity index (χ1v) is 12.6. The van der Waals surface area contributed by atoms with Crippen molar-refractivity contribution in [2.45, 2.75) is 85.9 Å². The van der Waals surface area contributed by atoms with E-state index in [1.807, 2.05) is 90.9 Å². The standard InChI is InChI=1S/C29H42N2O4/c1-8-24(28(33)30-29(5,6)7)31(20-23-13-11-21(4)12-14-23)27(32)18-16-22-15-17-25(34-9-2)26(19-22)35-10-3/h11-15,17,19,24H,8-10,16,18,20H2,1-7H3,(H,30,33)/t24-/m1/s1. The molecule has 35 heavy (non-hydrogen) atoms. The summed E-state index contributed by atoms with van der Waals surface area (Å²) in [7, 11) is 0. The molecule has 6 heteroatoms. The quantitative estimate of drug-likeness (QED) is 0.437. The highest BCUT2D eigenvalue weighted by Gasteiger charge is 2.30. The van der Waals surface area contributed by atoms with E-state index in [2.05, 4.69) is 5.32 Å². The van der Waals surface area contributed by atoms with Gasteiger partial charge in [0, 0.05) is 18.5 Å². The number of nitrogens with one attached hydrogen (secondary N) is 1. The van der Waals surface area contributed by atoms with Gasteiger partial charge >= 0.3 is 0 Å². The van der Waals surface area contributed by atoms with Crippen LogP contribution in [-0.2, 0) is 22.6 Å². The third kappa shape index (κ3) is 8.93. The fraction of sp³-hybridized carbons (Fsp3) is 0.517. The van der Waals surface area contributed by atoms with E-state index in [0.29, 0.717) is 50.5 Å². The SMILES string of the molecule is CCOc1ccc(CCC(=O)N(Cc2ccc(C)cc2)[C@H](CC)C(=O)NC(C)(C)C)cc1OCC. The molecule has 0 fully saturated rings. The Bertz CT molecular complexity index is 964. The Hall–Kier alpha value is -3.02. The van der Waals surface area contributed by atoms with E-state index in [0.717, 1.165) is 16.7 Å². The summed E-state index contributed by atoms with van der Waals surface area (Å²) < 4.78 is 11.4. The second-order valence-corrected chi connectivity index (χ2v) is 9.82. The van der Waals surface area contributed by atoms with Crippen molar-refractivity contribution in [2.75, 3.05) is 13.2 Å². The molecule has 2 aromatic carbocycles. The molecule has 0 saturated heterocycles. The van der Waals surface area contributed by atoms with Crippen molar-refractivity contribution in [3.8, 4) is 11.5 Å². The number of benzene rings is 2. The van der Waals surface area contributed by atoms with Crippen LogP contribution in [-0.4, -0.2) is 41.5 Å². The van der Waals surface area contributed by atoms with Crippen molar-refractivity contribution in [2.24, 2.45) is 0 Å². The zero-order valence-electron chi connectivity index (χ0n) is 22.4. The zero-order valence-corrected chi connectivity index (χ0v) is 22.4. The molecule has 2 aromatic rings. The van der Waals surface area contributed by atoms with E-state index in [1.54, 1.807) is 4.90 Å². The Morgan fingerprint density at radius 2 is 1.51 bits per heavy atom. The Balaban J connectivity index is 2.24. The van der Waals surface area contributed by atoms with Crippen LogP contribution in [0.1, 0.15) is 71.1 Å². The average Bonchev–Trinajstić information content (AvgIpc) is 2.79. The van der Waals surface area contributed by atoms with Gasteiger partial charge in [0.25, 0.3) is 0 Å². The predicted molar refractivity (Wildman–Crippen MR) is 141 cm³/mol. The number of aryl methyl sites for hydroxylation is 2. The second kappa shape index (κ2) is 13.2. The highest BCUT2D eigenvalue weighted by Crippen LogP contribution is 2.29. The van der Waals surface area contributed by atoms with Gasteiger partial charge in [-0.2, -0.15) is 0 Å². The Morgan fingerprint density at radius 3 is 2.09 bits per heavy atom. The second-order valence-electron chi connectivity index (χ2n) is 9.82. The lowest BCUT2D eigenvalue weighted by molar-refractivity contribution is -0.142. The van der Waals surface area contributed by atoms with E-state index in [-0.39, 0.29) is 17.4 Å². The molecule has 1 N–H and O–H groups in total. The number of carbonyl (C=O) groups is 2. The number of nitrogens with zero attached hydrogens (tertiary/aromatic N) is 1. The lowest BCUT2D eigenvalue weighted by Crippen LogP contribution is -2.53. The van der Waals surface area contributed by atoms with Crippen molar-refractivity contribution < 1.29 is 19.1 Å². The van der Waals surface area contributed by atoms with Gasteiger partial charge in [-0.15, -0.1) is 0 Å². The van der Waals surface area contributed by atoms with Gasteiger partial charge in [-0.3, -0.25) is 9.59 Å². The minimum atomic E-state index is -0.539. The van der Waals surface area contributed by atoms with Gasteiger partial charge in [0.05, 0.1) is 13.2 Å². The lowest BCUT2D eigenvalue weighted by Gasteiger charge is -2.33. The number of hydrogen-bond acceptors (Lipinski definition) is 4. The summed E-state index contributed by atoms with van der Waals surface area (Å²) in [6.07, 6.45) is 1.38. The summed E-state index contributed by atoms with van der Waals surface area (Å²) in [6.45, 7) is 15.2. The smallest absolute Gasteiger partial charge is 0.243 e. The molecule has 0 heterocycles. The van der Waals surface area contributed by atoms with Gasteiger partial charge in [0.1, 0.15) is 6.04 Å². The van der Waals surface area contributed by atoms with E-state index < -0.39 is 6.04 Å². The van der Waals surface area contributed by atoms with E-state index in [9.17, 15) is 9.59 Å². The molecule has 0 bridgehead atoms. The van der Waals surface area contributed by atoms with Crippen LogP contribution in [0.2, 0.25) is 0 Å². The van der Waals surface area contributed by atoms with Crippen LogP contribution < -0.4 is 14.8 Å². The molecule has 2 rings (SSSR count). The first-order chi connectivity index (χ1) is 16.6. The van der Waals surface area contributed by atoms with E-state index in [4.69, 9.17) is 9.47 Å². The normalized spacial score (nSPS) is 12.1. The zero-order chi connectivity index (χ0) is 26.0. The number of ether oxygens (including phenoxy) is 2. The number of rotatable bonds is 12. The summed E-state index contributed by atoms with van der Waals surface area (Å²) >= 11 is 0. The minimum absolute atomic E-state index is 0.0478. The molecule has 0 spiro atoms. The van der Waals surface area contributed by atoms with Crippen LogP contribution in [0, 0.1) is 6.92 Å². The van der Waals surface area contributed by atoms with E-state index >= 15 is 0 Å². The van der Waals surface area contributed by atoms with Crippen molar-refractivity contribution in [3.05, 3.63) is 59.2 Å². The Labute approximate surface area is 211 Å². The van der Waals surface area contributed by atoms with Gasteiger partial charge in [-0.1, -0.05) is 42.8 Å². The van der Waals surface area contributed by atoms with Gasteiger partial charge in [-0.25, -0.2) is 0 Å². The number of carbonyl (C=O) groups excluding carboxylic acids is 2. The topological polar surface area (TPSA) is 67.9 Å². The first kappa shape index (κ1) is 28.2. The highest BCUT2D eigenvalue weighted by molar-refractivity contribution is 5.88. The van der Waals surface area contributed by atoms with Crippen LogP contribution in [0.15, 0.2) is 42.5 Å². The molecule has 2 amide bonds. The van der Waals surface area contributed by atoms with Crippen LogP contribution >= 0.6 is 0 Å². The summed E-state index contributed by atoms with van der Waals surface area (Å²) in [4.78, 5) is 28.4. The highest BCUT2D eigenvalue weighted by atomic mass is 16.5. The molecule has 0 aliphatic rings. The number of amides is 2. The molecule has 0 unspecified atom stereocenters. The molecule has 0 aliphatic carbocycles. The molecule has 0 saturated carbocycles. The van der Waals surface area contributed by atoms with Crippen LogP contribution in [0.4, 0.5) is 0 Å². The van der Waals surface area contributed by atoms with Crippen LogP contribution in [0.5, 0.6) is 11.5 Å². The van der Waals surface area contributed by atoms with Crippen LogP contribution in [0.3, 0.4) is 0 Å². The summed E-state index contributed by atoms with van der Waals surface area (Å²) in [5.74, 6) is 1.22. The molecule has 192 valence electrons. The number of hydrogen-bond donors (Lipinski definition) is 1. The fourth-order valence-electron chi connectivity index (χ4n) is 3.91. The van der Waals surface area contributed by atoms with E-state index in [1.165, 1.54) is 0 Å². The first-order valence-electron chi connectivity index (χ1n) is 12.6. The van der Waals surface area contributed by atoms with Gasteiger partial charge < -0.3 is 19.7 Å².